The zero-order chi connectivity index (χ0) is 15.7. The summed E-state index contributed by atoms with van der Waals surface area (Å²) in [5, 5.41) is 4.77. The van der Waals surface area contributed by atoms with E-state index >= 15 is 0 Å². The van der Waals surface area contributed by atoms with E-state index in [-0.39, 0.29) is 5.41 Å². The number of aromatic nitrogens is 2. The first kappa shape index (κ1) is 15.1. The molecule has 0 bridgehead atoms. The SMILES string of the molecule is Cc1c(N2CCOCC2)cccc1-n1ccc(C(C)(C)C)n1. The Kier molecular flexibility index (Phi) is 3.96. The molecule has 0 saturated carbocycles. The lowest BCUT2D eigenvalue weighted by atomic mass is 9.93. The lowest BCUT2D eigenvalue weighted by Crippen LogP contribution is -2.36. The van der Waals surface area contributed by atoms with E-state index < -0.39 is 0 Å². The molecule has 0 atom stereocenters. The Balaban J connectivity index is 1.96. The number of morpholine rings is 1. The van der Waals surface area contributed by atoms with Crippen molar-refractivity contribution in [3.8, 4) is 5.69 Å². The fourth-order valence-corrected chi connectivity index (χ4v) is 2.86. The maximum atomic E-state index is 5.46. The molecule has 0 aliphatic carbocycles. The first-order valence-electron chi connectivity index (χ1n) is 7.95. The molecule has 1 fully saturated rings. The van der Waals surface area contributed by atoms with Gasteiger partial charge in [-0.15, -0.1) is 0 Å². The van der Waals surface area contributed by atoms with Crippen molar-refractivity contribution in [1.29, 1.82) is 0 Å². The molecule has 1 aromatic heterocycles. The van der Waals surface area contributed by atoms with Gasteiger partial charge in [-0.05, 0) is 30.7 Å². The lowest BCUT2D eigenvalue weighted by Gasteiger charge is -2.30. The minimum Gasteiger partial charge on any atom is -0.378 e. The van der Waals surface area contributed by atoms with Gasteiger partial charge in [0, 0.05) is 30.4 Å². The van der Waals surface area contributed by atoms with Crippen LogP contribution in [0.2, 0.25) is 0 Å². The van der Waals surface area contributed by atoms with Crippen LogP contribution >= 0.6 is 0 Å². The van der Waals surface area contributed by atoms with Gasteiger partial charge in [-0.1, -0.05) is 26.8 Å². The zero-order valence-electron chi connectivity index (χ0n) is 14.0. The summed E-state index contributed by atoms with van der Waals surface area (Å²) in [6.45, 7) is 12.3. The standard InChI is InChI=1S/C18H25N3O/c1-14-15(20-10-12-22-13-11-20)6-5-7-16(14)21-9-8-17(19-21)18(2,3)4/h5-9H,10-13H2,1-4H3. The van der Waals surface area contributed by atoms with Gasteiger partial charge in [-0.2, -0.15) is 5.10 Å². The fourth-order valence-electron chi connectivity index (χ4n) is 2.86. The molecule has 1 saturated heterocycles. The van der Waals surface area contributed by atoms with E-state index in [1.165, 1.54) is 11.3 Å². The van der Waals surface area contributed by atoms with Gasteiger partial charge in [-0.25, -0.2) is 4.68 Å². The Morgan fingerprint density at radius 3 is 2.36 bits per heavy atom. The molecule has 1 aromatic carbocycles. The van der Waals surface area contributed by atoms with Crippen LogP contribution in [0.15, 0.2) is 30.5 Å². The molecule has 2 heterocycles. The highest BCUT2D eigenvalue weighted by Crippen LogP contribution is 2.27. The van der Waals surface area contributed by atoms with Gasteiger partial charge in [0.25, 0.3) is 0 Å². The molecule has 0 N–H and O–H groups in total. The summed E-state index contributed by atoms with van der Waals surface area (Å²) >= 11 is 0. The summed E-state index contributed by atoms with van der Waals surface area (Å²) < 4.78 is 7.46. The fraction of sp³-hybridized carbons (Fsp3) is 0.500. The molecule has 4 heteroatoms. The minimum atomic E-state index is 0.0704. The number of anilines is 1. The topological polar surface area (TPSA) is 30.3 Å². The third-order valence-corrected chi connectivity index (χ3v) is 4.23. The number of ether oxygens (including phenoxy) is 1. The van der Waals surface area contributed by atoms with Gasteiger partial charge in [0.15, 0.2) is 0 Å². The van der Waals surface area contributed by atoms with E-state index in [0.29, 0.717) is 0 Å². The van der Waals surface area contributed by atoms with Gasteiger partial charge in [0.1, 0.15) is 0 Å². The highest BCUT2D eigenvalue weighted by molar-refractivity contribution is 5.61. The van der Waals surface area contributed by atoms with Crippen molar-refractivity contribution in [3.05, 3.63) is 41.7 Å². The Morgan fingerprint density at radius 1 is 1.05 bits per heavy atom. The van der Waals surface area contributed by atoms with Crippen LogP contribution in [0, 0.1) is 6.92 Å². The largest absolute Gasteiger partial charge is 0.378 e. The van der Waals surface area contributed by atoms with Crippen molar-refractivity contribution in [2.75, 3.05) is 31.2 Å². The second kappa shape index (κ2) is 5.76. The molecule has 1 aliphatic heterocycles. The highest BCUT2D eigenvalue weighted by atomic mass is 16.5. The Labute approximate surface area is 132 Å². The van der Waals surface area contributed by atoms with Crippen LogP contribution in [0.3, 0.4) is 0 Å². The average molecular weight is 299 g/mol. The monoisotopic (exact) mass is 299 g/mol. The van der Waals surface area contributed by atoms with Gasteiger partial charge >= 0.3 is 0 Å². The molecule has 4 nitrogen and oxygen atoms in total. The van der Waals surface area contributed by atoms with E-state index in [4.69, 9.17) is 9.84 Å². The smallest absolute Gasteiger partial charge is 0.0695 e. The summed E-state index contributed by atoms with van der Waals surface area (Å²) in [5.74, 6) is 0. The average Bonchev–Trinajstić information content (AvgIpc) is 2.98. The van der Waals surface area contributed by atoms with Crippen molar-refractivity contribution in [1.82, 2.24) is 9.78 Å². The number of hydrogen-bond donors (Lipinski definition) is 0. The van der Waals surface area contributed by atoms with Crippen molar-refractivity contribution >= 4 is 5.69 Å². The lowest BCUT2D eigenvalue weighted by molar-refractivity contribution is 0.122. The van der Waals surface area contributed by atoms with E-state index in [1.54, 1.807) is 0 Å². The summed E-state index contributed by atoms with van der Waals surface area (Å²) in [6.07, 6.45) is 2.06. The second-order valence-corrected chi connectivity index (χ2v) is 6.92. The molecule has 22 heavy (non-hydrogen) atoms. The zero-order valence-corrected chi connectivity index (χ0v) is 14.0. The molecular weight excluding hydrogens is 274 g/mol. The van der Waals surface area contributed by atoms with Crippen molar-refractivity contribution in [2.45, 2.75) is 33.1 Å². The highest BCUT2D eigenvalue weighted by Gasteiger charge is 2.19. The molecule has 2 aromatic rings. The predicted octanol–water partition coefficient (Wildman–Crippen LogP) is 3.31. The van der Waals surface area contributed by atoms with Crippen molar-refractivity contribution in [3.63, 3.8) is 0 Å². The first-order valence-corrected chi connectivity index (χ1v) is 7.95. The molecule has 0 unspecified atom stereocenters. The number of rotatable bonds is 2. The van der Waals surface area contributed by atoms with E-state index in [2.05, 4.69) is 63.1 Å². The summed E-state index contributed by atoms with van der Waals surface area (Å²) in [4.78, 5) is 2.40. The van der Waals surface area contributed by atoms with E-state index in [0.717, 1.165) is 37.7 Å². The van der Waals surface area contributed by atoms with Crippen LogP contribution in [0.1, 0.15) is 32.0 Å². The molecule has 1 aliphatic rings. The predicted molar refractivity (Wildman–Crippen MR) is 90.0 cm³/mol. The maximum absolute atomic E-state index is 5.46. The van der Waals surface area contributed by atoms with Gasteiger partial charge in [-0.3, -0.25) is 0 Å². The molecule has 0 radical (unpaired) electrons. The number of nitrogens with zero attached hydrogens (tertiary/aromatic N) is 3. The molecule has 3 rings (SSSR count). The van der Waals surface area contributed by atoms with Crippen LogP contribution in [0.4, 0.5) is 5.69 Å². The van der Waals surface area contributed by atoms with E-state index in [1.807, 2.05) is 4.68 Å². The third-order valence-electron chi connectivity index (χ3n) is 4.23. The quantitative estimate of drug-likeness (QED) is 0.852. The second-order valence-electron chi connectivity index (χ2n) is 6.92. The Hall–Kier alpha value is -1.81. The van der Waals surface area contributed by atoms with Crippen LogP contribution in [-0.2, 0) is 10.2 Å². The summed E-state index contributed by atoms with van der Waals surface area (Å²) in [7, 11) is 0. The van der Waals surface area contributed by atoms with Crippen LogP contribution in [-0.4, -0.2) is 36.1 Å². The minimum absolute atomic E-state index is 0.0704. The van der Waals surface area contributed by atoms with Gasteiger partial charge < -0.3 is 9.64 Å². The van der Waals surface area contributed by atoms with E-state index in [9.17, 15) is 0 Å². The van der Waals surface area contributed by atoms with Crippen molar-refractivity contribution < 1.29 is 4.74 Å². The van der Waals surface area contributed by atoms with Crippen LogP contribution in [0.5, 0.6) is 0 Å². The van der Waals surface area contributed by atoms with Gasteiger partial charge in [0.2, 0.25) is 0 Å². The normalized spacial score (nSPS) is 16.1. The van der Waals surface area contributed by atoms with Crippen LogP contribution in [0.25, 0.3) is 5.69 Å². The van der Waals surface area contributed by atoms with Crippen LogP contribution < -0.4 is 4.90 Å². The van der Waals surface area contributed by atoms with Crippen molar-refractivity contribution in [2.24, 2.45) is 0 Å². The van der Waals surface area contributed by atoms with Gasteiger partial charge in [0.05, 0.1) is 24.6 Å². The number of benzene rings is 1. The first-order chi connectivity index (χ1) is 10.5. The third kappa shape index (κ3) is 2.88. The number of hydrogen-bond acceptors (Lipinski definition) is 3. The summed E-state index contributed by atoms with van der Waals surface area (Å²) in [5.41, 5.74) is 4.89. The molecular formula is C18H25N3O. The molecule has 118 valence electrons. The Morgan fingerprint density at radius 2 is 1.73 bits per heavy atom. The Bertz CT molecular complexity index is 649. The summed E-state index contributed by atoms with van der Waals surface area (Å²) in [6, 6.07) is 8.56. The maximum Gasteiger partial charge on any atom is 0.0695 e. The molecule has 0 spiro atoms. The molecule has 0 amide bonds.